The highest BCUT2D eigenvalue weighted by atomic mass is 35.5. The van der Waals surface area contributed by atoms with Crippen molar-refractivity contribution in [1.82, 2.24) is 15.1 Å². The molecule has 1 aromatic heterocycles. The number of piperidine rings is 1. The highest BCUT2D eigenvalue weighted by Crippen LogP contribution is 2.20. The molecule has 2 heterocycles. The molecule has 2 aromatic rings. The number of halogens is 2. The van der Waals surface area contributed by atoms with E-state index in [1.165, 1.54) is 0 Å². The summed E-state index contributed by atoms with van der Waals surface area (Å²) in [4.78, 5) is 16.7. The molecule has 1 aliphatic rings. The van der Waals surface area contributed by atoms with E-state index in [-0.39, 0.29) is 36.8 Å². The lowest BCUT2D eigenvalue weighted by atomic mass is 10.0. The van der Waals surface area contributed by atoms with Gasteiger partial charge in [0.25, 0.3) is 0 Å². The molecule has 1 amide bonds. The Labute approximate surface area is 173 Å². The molecule has 0 aliphatic carbocycles. The number of carbonyl (C=O) groups excluding carboxylic acids is 1. The Kier molecular flexibility index (Phi) is 9.49. The van der Waals surface area contributed by atoms with Gasteiger partial charge in [0.2, 0.25) is 5.91 Å². The van der Waals surface area contributed by atoms with Crippen molar-refractivity contribution in [3.05, 3.63) is 54.2 Å². The second-order valence-corrected chi connectivity index (χ2v) is 6.57. The second-order valence-electron chi connectivity index (χ2n) is 6.57. The van der Waals surface area contributed by atoms with Gasteiger partial charge in [-0.25, -0.2) is 0 Å². The molecule has 1 fully saturated rings. The number of hydrogen-bond acceptors (Lipinski definition) is 5. The summed E-state index contributed by atoms with van der Waals surface area (Å²) in [7, 11) is 1.86. The van der Waals surface area contributed by atoms with Crippen LogP contribution in [0.2, 0.25) is 0 Å². The first-order chi connectivity index (χ1) is 12.1. The lowest BCUT2D eigenvalue weighted by molar-refractivity contribution is -0.133. The monoisotopic (exact) mass is 411 g/mol. The number of hydrogen-bond donors (Lipinski definition) is 1. The number of anilines is 1. The Morgan fingerprint density at radius 3 is 2.67 bits per heavy atom. The van der Waals surface area contributed by atoms with Crippen LogP contribution < -0.4 is 10.6 Å². The minimum Gasteiger partial charge on any atom is -0.353 e. The van der Waals surface area contributed by atoms with Gasteiger partial charge in [0.1, 0.15) is 0 Å². The normalized spacial score (nSPS) is 17.3. The van der Waals surface area contributed by atoms with E-state index < -0.39 is 6.04 Å². The van der Waals surface area contributed by atoms with Gasteiger partial charge in [-0.1, -0.05) is 30.3 Å². The zero-order valence-electron chi connectivity index (χ0n) is 15.4. The molecule has 0 saturated carbocycles. The topological polar surface area (TPSA) is 75.3 Å². The van der Waals surface area contributed by atoms with Crippen LogP contribution in [0.4, 0.5) is 5.82 Å². The highest BCUT2D eigenvalue weighted by Gasteiger charge is 2.29. The quantitative estimate of drug-likeness (QED) is 0.816. The van der Waals surface area contributed by atoms with Gasteiger partial charge in [0, 0.05) is 32.4 Å². The van der Waals surface area contributed by atoms with Crippen LogP contribution in [0.1, 0.15) is 18.4 Å². The number of likely N-dealkylation sites (N-methyl/N-ethyl adjacent to an activating group) is 1. The average Bonchev–Trinajstić information content (AvgIpc) is 2.68. The number of nitrogens with two attached hydrogens (primary N) is 1. The SMILES string of the molecule is CN(C(=O)C(N)Cc1ccccc1)C1CCCN(c2cccnn2)C1.Cl.Cl. The summed E-state index contributed by atoms with van der Waals surface area (Å²) in [6.45, 7) is 1.70. The molecule has 148 valence electrons. The minimum atomic E-state index is -0.515. The van der Waals surface area contributed by atoms with E-state index >= 15 is 0 Å². The zero-order chi connectivity index (χ0) is 17.6. The summed E-state index contributed by atoms with van der Waals surface area (Å²) in [5.74, 6) is 0.858. The molecule has 1 aliphatic heterocycles. The molecular formula is C19H27Cl2N5O. The summed E-state index contributed by atoms with van der Waals surface area (Å²) in [5, 5.41) is 8.13. The summed E-state index contributed by atoms with van der Waals surface area (Å²) in [5.41, 5.74) is 7.26. The van der Waals surface area contributed by atoms with Crippen LogP contribution in [0.15, 0.2) is 48.7 Å². The summed E-state index contributed by atoms with van der Waals surface area (Å²) >= 11 is 0. The molecule has 3 rings (SSSR count). The van der Waals surface area contributed by atoms with Gasteiger partial charge in [-0.15, -0.1) is 29.9 Å². The van der Waals surface area contributed by atoms with Crippen LogP contribution in [-0.2, 0) is 11.2 Å². The van der Waals surface area contributed by atoms with Crippen molar-refractivity contribution in [2.24, 2.45) is 5.73 Å². The van der Waals surface area contributed by atoms with Crippen molar-refractivity contribution < 1.29 is 4.79 Å². The number of aromatic nitrogens is 2. The summed E-state index contributed by atoms with van der Waals surface area (Å²) in [6, 6.07) is 13.4. The largest absolute Gasteiger partial charge is 0.353 e. The first-order valence-electron chi connectivity index (χ1n) is 8.74. The molecule has 0 bridgehead atoms. The second kappa shape index (κ2) is 11.1. The van der Waals surface area contributed by atoms with Gasteiger partial charge >= 0.3 is 0 Å². The van der Waals surface area contributed by atoms with Crippen molar-refractivity contribution in [1.29, 1.82) is 0 Å². The Morgan fingerprint density at radius 1 is 1.26 bits per heavy atom. The predicted molar refractivity (Wildman–Crippen MR) is 113 cm³/mol. The van der Waals surface area contributed by atoms with Gasteiger partial charge in [0.05, 0.1) is 6.04 Å². The molecule has 8 heteroatoms. The number of nitrogens with zero attached hydrogens (tertiary/aromatic N) is 4. The highest BCUT2D eigenvalue weighted by molar-refractivity contribution is 5.85. The summed E-state index contributed by atoms with van der Waals surface area (Å²) < 4.78 is 0. The molecule has 0 spiro atoms. The van der Waals surface area contributed by atoms with Gasteiger partial charge < -0.3 is 15.5 Å². The van der Waals surface area contributed by atoms with E-state index in [1.54, 1.807) is 6.20 Å². The molecule has 27 heavy (non-hydrogen) atoms. The Hall–Kier alpha value is -1.89. The number of carbonyl (C=O) groups is 1. The molecule has 2 unspecified atom stereocenters. The fourth-order valence-corrected chi connectivity index (χ4v) is 3.34. The van der Waals surface area contributed by atoms with E-state index in [9.17, 15) is 4.79 Å². The fourth-order valence-electron chi connectivity index (χ4n) is 3.34. The zero-order valence-corrected chi connectivity index (χ0v) is 17.0. The Balaban J connectivity index is 0.00000182. The van der Waals surface area contributed by atoms with Gasteiger partial charge in [0.15, 0.2) is 5.82 Å². The van der Waals surface area contributed by atoms with E-state index in [0.717, 1.165) is 37.3 Å². The van der Waals surface area contributed by atoms with E-state index in [4.69, 9.17) is 5.73 Å². The van der Waals surface area contributed by atoms with Crippen LogP contribution in [0.25, 0.3) is 0 Å². The van der Waals surface area contributed by atoms with Gasteiger partial charge in [-0.3, -0.25) is 4.79 Å². The van der Waals surface area contributed by atoms with Gasteiger partial charge in [-0.2, -0.15) is 5.10 Å². The first-order valence-corrected chi connectivity index (χ1v) is 8.74. The lowest BCUT2D eigenvalue weighted by Gasteiger charge is -2.38. The molecule has 2 N–H and O–H groups in total. The van der Waals surface area contributed by atoms with Crippen molar-refractivity contribution in [2.75, 3.05) is 25.0 Å². The van der Waals surface area contributed by atoms with Crippen LogP contribution in [0.3, 0.4) is 0 Å². The van der Waals surface area contributed by atoms with Crippen molar-refractivity contribution in [3.8, 4) is 0 Å². The van der Waals surface area contributed by atoms with Gasteiger partial charge in [-0.05, 0) is 37.0 Å². The molecule has 6 nitrogen and oxygen atoms in total. The molecule has 0 radical (unpaired) electrons. The van der Waals surface area contributed by atoms with Crippen molar-refractivity contribution in [2.45, 2.75) is 31.3 Å². The maximum atomic E-state index is 12.7. The molecule has 1 aromatic carbocycles. The average molecular weight is 412 g/mol. The van der Waals surface area contributed by atoms with E-state index in [2.05, 4.69) is 15.1 Å². The number of rotatable bonds is 5. The van der Waals surface area contributed by atoms with Crippen LogP contribution in [0, 0.1) is 0 Å². The maximum Gasteiger partial charge on any atom is 0.239 e. The third-order valence-electron chi connectivity index (χ3n) is 4.79. The lowest BCUT2D eigenvalue weighted by Crippen LogP contribution is -2.53. The number of amides is 1. The molecule has 1 saturated heterocycles. The maximum absolute atomic E-state index is 12.7. The third kappa shape index (κ3) is 6.06. The molecule has 2 atom stereocenters. The fraction of sp³-hybridized carbons (Fsp3) is 0.421. The van der Waals surface area contributed by atoms with Crippen LogP contribution in [0.5, 0.6) is 0 Å². The smallest absolute Gasteiger partial charge is 0.239 e. The summed E-state index contributed by atoms with van der Waals surface area (Å²) in [6.07, 6.45) is 4.23. The Morgan fingerprint density at radius 2 is 2.00 bits per heavy atom. The van der Waals surface area contributed by atoms with Crippen LogP contribution >= 0.6 is 24.8 Å². The van der Waals surface area contributed by atoms with Crippen molar-refractivity contribution >= 4 is 36.5 Å². The van der Waals surface area contributed by atoms with Crippen molar-refractivity contribution in [3.63, 3.8) is 0 Å². The Bertz CT molecular complexity index is 689. The van der Waals surface area contributed by atoms with Crippen LogP contribution in [-0.4, -0.2) is 53.2 Å². The third-order valence-corrected chi connectivity index (χ3v) is 4.79. The minimum absolute atomic E-state index is 0. The van der Waals surface area contributed by atoms with E-state index in [0.29, 0.717) is 6.42 Å². The first kappa shape index (κ1) is 23.1. The van der Waals surface area contributed by atoms with E-state index in [1.807, 2.05) is 54.4 Å². The standard InChI is InChI=1S/C19H25N5O.2ClH/c1-23(19(25)17(20)13-15-7-3-2-4-8-15)16-9-6-12-24(14-16)18-10-5-11-21-22-18;;/h2-5,7-8,10-11,16-17H,6,9,12-14,20H2,1H3;2*1H. The predicted octanol–water partition coefficient (Wildman–Crippen LogP) is 2.32. The number of benzene rings is 1. The molecular weight excluding hydrogens is 385 g/mol.